The molecule has 1 unspecified atom stereocenters. The monoisotopic (exact) mass is 313 g/mol. The van der Waals surface area contributed by atoms with Gasteiger partial charge >= 0.3 is 5.97 Å². The molecule has 0 aromatic rings. The Labute approximate surface area is 127 Å². The molecule has 0 aromatic heterocycles. The van der Waals surface area contributed by atoms with E-state index >= 15 is 0 Å². The number of carbonyl (C=O) groups is 3. The molecule has 0 aliphatic carbocycles. The molecule has 1 heterocycles. The molecule has 2 amide bonds. The molecule has 0 spiro atoms. The summed E-state index contributed by atoms with van der Waals surface area (Å²) in [7, 11) is 2.69. The van der Waals surface area contributed by atoms with Crippen LogP contribution in [0.15, 0.2) is 11.0 Å². The molecule has 0 aromatic carbocycles. The first-order valence-corrected chi connectivity index (χ1v) is 7.24. The van der Waals surface area contributed by atoms with E-state index in [2.05, 4.69) is 10.1 Å². The average molecular weight is 313 g/mol. The van der Waals surface area contributed by atoms with Crippen LogP contribution in [0.3, 0.4) is 0 Å². The topological polar surface area (TPSA) is 99.6 Å². The lowest BCUT2D eigenvalue weighted by atomic mass is 10.0. The van der Waals surface area contributed by atoms with Crippen molar-refractivity contribution in [2.24, 2.45) is 5.92 Å². The third-order valence-corrected chi connectivity index (χ3v) is 3.76. The maximum Gasteiger partial charge on any atom is 0.331 e. The number of hydrogen-bond acceptors (Lipinski definition) is 6. The molecule has 1 rings (SSSR count). The third-order valence-electron chi connectivity index (χ3n) is 2.86. The van der Waals surface area contributed by atoms with Gasteiger partial charge in [0, 0.05) is 13.1 Å². The van der Waals surface area contributed by atoms with Gasteiger partial charge in [0.05, 0.1) is 12.0 Å². The fourth-order valence-electron chi connectivity index (χ4n) is 1.89. The molecule has 7 nitrogen and oxygen atoms in total. The van der Waals surface area contributed by atoms with Gasteiger partial charge in [0.2, 0.25) is 5.91 Å². The molecule has 1 aliphatic heterocycles. The van der Waals surface area contributed by atoms with Crippen molar-refractivity contribution in [2.75, 3.05) is 14.2 Å². The first-order valence-electron chi connectivity index (χ1n) is 6.43. The number of amidine groups is 1. The lowest BCUT2D eigenvalue weighted by molar-refractivity contribution is -0.135. The SMILES string of the molecule is CNC(=O)C(CC(C)C)N1C(=N)S/C(=C\C(=O)OC)C1=O. The summed E-state index contributed by atoms with van der Waals surface area (Å²) in [5.41, 5.74) is 0. The summed E-state index contributed by atoms with van der Waals surface area (Å²) < 4.78 is 4.48. The van der Waals surface area contributed by atoms with E-state index in [4.69, 9.17) is 5.41 Å². The summed E-state index contributed by atoms with van der Waals surface area (Å²) in [6.45, 7) is 3.86. The summed E-state index contributed by atoms with van der Waals surface area (Å²) in [6, 6.07) is -0.758. The Balaban J connectivity index is 3.07. The number of amides is 2. The third kappa shape index (κ3) is 4.07. The number of ether oxygens (including phenoxy) is 1. The van der Waals surface area contributed by atoms with Gasteiger partial charge in [-0.2, -0.15) is 0 Å². The zero-order chi connectivity index (χ0) is 16.2. The Bertz CT molecular complexity index is 502. The van der Waals surface area contributed by atoms with Gasteiger partial charge in [-0.15, -0.1) is 0 Å². The Morgan fingerprint density at radius 2 is 2.10 bits per heavy atom. The largest absolute Gasteiger partial charge is 0.466 e. The Morgan fingerprint density at radius 1 is 1.48 bits per heavy atom. The highest BCUT2D eigenvalue weighted by Gasteiger charge is 2.40. The molecule has 8 heteroatoms. The minimum atomic E-state index is -0.758. The lowest BCUT2D eigenvalue weighted by Gasteiger charge is -2.26. The van der Waals surface area contributed by atoms with Gasteiger partial charge in [0.1, 0.15) is 6.04 Å². The number of carbonyl (C=O) groups excluding carboxylic acids is 3. The first kappa shape index (κ1) is 17.2. The summed E-state index contributed by atoms with van der Waals surface area (Å²) in [5, 5.41) is 10.3. The average Bonchev–Trinajstić information content (AvgIpc) is 2.69. The van der Waals surface area contributed by atoms with E-state index in [9.17, 15) is 14.4 Å². The van der Waals surface area contributed by atoms with Crippen LogP contribution in [0.5, 0.6) is 0 Å². The zero-order valence-electron chi connectivity index (χ0n) is 12.4. The van der Waals surface area contributed by atoms with E-state index in [0.29, 0.717) is 6.42 Å². The van der Waals surface area contributed by atoms with Crippen LogP contribution in [0.2, 0.25) is 0 Å². The summed E-state index contributed by atoms with van der Waals surface area (Å²) >= 11 is 0.849. The van der Waals surface area contributed by atoms with E-state index in [1.54, 1.807) is 0 Å². The lowest BCUT2D eigenvalue weighted by Crippen LogP contribution is -2.48. The van der Waals surface area contributed by atoms with Gasteiger partial charge in [0.25, 0.3) is 5.91 Å². The molecule has 0 bridgehead atoms. The Kier molecular flexibility index (Phi) is 5.95. The van der Waals surface area contributed by atoms with Gasteiger partial charge in [-0.25, -0.2) is 4.79 Å². The number of hydrogen-bond donors (Lipinski definition) is 2. The zero-order valence-corrected chi connectivity index (χ0v) is 13.2. The highest BCUT2D eigenvalue weighted by Crippen LogP contribution is 2.33. The molecule has 1 fully saturated rings. The van der Waals surface area contributed by atoms with Crippen LogP contribution < -0.4 is 5.32 Å². The summed E-state index contributed by atoms with van der Waals surface area (Å²) in [5.74, 6) is -1.35. The first-order chi connectivity index (χ1) is 9.81. The molecule has 0 saturated carbocycles. The Hall–Kier alpha value is -1.83. The highest BCUT2D eigenvalue weighted by atomic mass is 32.2. The number of esters is 1. The van der Waals surface area contributed by atoms with E-state index < -0.39 is 17.9 Å². The van der Waals surface area contributed by atoms with E-state index in [0.717, 1.165) is 22.7 Å². The van der Waals surface area contributed by atoms with Crippen molar-refractivity contribution in [1.82, 2.24) is 10.2 Å². The van der Waals surface area contributed by atoms with Crippen LogP contribution in [-0.2, 0) is 19.1 Å². The molecular weight excluding hydrogens is 294 g/mol. The maximum absolute atomic E-state index is 12.3. The molecule has 0 radical (unpaired) electrons. The molecule has 21 heavy (non-hydrogen) atoms. The summed E-state index contributed by atoms with van der Waals surface area (Å²) in [4.78, 5) is 36.8. The fourth-order valence-corrected chi connectivity index (χ4v) is 2.75. The van der Waals surface area contributed by atoms with Crippen LogP contribution in [0.1, 0.15) is 20.3 Å². The van der Waals surface area contributed by atoms with E-state index in [-0.39, 0.29) is 21.9 Å². The van der Waals surface area contributed by atoms with Gasteiger partial charge in [-0.3, -0.25) is 19.9 Å². The van der Waals surface area contributed by atoms with Crippen LogP contribution in [0.4, 0.5) is 0 Å². The predicted molar refractivity (Wildman–Crippen MR) is 79.6 cm³/mol. The van der Waals surface area contributed by atoms with Crippen molar-refractivity contribution >= 4 is 34.7 Å². The molecular formula is C13H19N3O4S. The second-order valence-electron chi connectivity index (χ2n) is 4.87. The van der Waals surface area contributed by atoms with Gasteiger partial charge < -0.3 is 10.1 Å². The highest BCUT2D eigenvalue weighted by molar-refractivity contribution is 8.18. The Morgan fingerprint density at radius 3 is 2.57 bits per heavy atom. The molecule has 116 valence electrons. The van der Waals surface area contributed by atoms with Crippen LogP contribution in [0, 0.1) is 11.3 Å². The normalized spacial score (nSPS) is 18.3. The number of nitrogens with zero attached hydrogens (tertiary/aromatic N) is 1. The number of likely N-dealkylation sites (N-methyl/N-ethyl adjacent to an activating group) is 1. The van der Waals surface area contributed by atoms with E-state index in [1.807, 2.05) is 13.8 Å². The standard InChI is InChI=1S/C13H19N3O4S/c1-7(2)5-8(11(18)15-3)16-12(19)9(21-13(16)14)6-10(17)20-4/h6-8,14H,5H2,1-4H3,(H,15,18)/b9-6-,14-13?. The smallest absolute Gasteiger partial charge is 0.331 e. The summed E-state index contributed by atoms with van der Waals surface area (Å²) in [6.07, 6.45) is 1.47. The van der Waals surface area contributed by atoms with Crippen molar-refractivity contribution in [3.05, 3.63) is 11.0 Å². The molecule has 1 saturated heterocycles. The second kappa shape index (κ2) is 7.26. The quantitative estimate of drug-likeness (QED) is 0.575. The number of methoxy groups -OCH3 is 1. The minimum absolute atomic E-state index is 0.0654. The molecule has 1 aliphatic rings. The van der Waals surface area contributed by atoms with Gasteiger partial charge in [0.15, 0.2) is 5.17 Å². The van der Waals surface area contributed by atoms with E-state index in [1.165, 1.54) is 14.2 Å². The minimum Gasteiger partial charge on any atom is -0.466 e. The van der Waals surface area contributed by atoms with Crippen LogP contribution in [-0.4, -0.2) is 48.1 Å². The van der Waals surface area contributed by atoms with Crippen molar-refractivity contribution in [1.29, 1.82) is 5.41 Å². The fraction of sp³-hybridized carbons (Fsp3) is 0.538. The van der Waals surface area contributed by atoms with Crippen molar-refractivity contribution in [3.8, 4) is 0 Å². The van der Waals surface area contributed by atoms with Crippen LogP contribution >= 0.6 is 11.8 Å². The van der Waals surface area contributed by atoms with Gasteiger partial charge in [-0.05, 0) is 24.1 Å². The molecule has 2 N–H and O–H groups in total. The number of thioether (sulfide) groups is 1. The van der Waals surface area contributed by atoms with Crippen molar-refractivity contribution in [3.63, 3.8) is 0 Å². The molecule has 1 atom stereocenters. The van der Waals surface area contributed by atoms with Crippen molar-refractivity contribution < 1.29 is 19.1 Å². The number of nitrogens with one attached hydrogen (secondary N) is 2. The number of rotatable bonds is 5. The van der Waals surface area contributed by atoms with Gasteiger partial charge in [-0.1, -0.05) is 13.8 Å². The second-order valence-corrected chi connectivity index (χ2v) is 5.90. The van der Waals surface area contributed by atoms with Crippen molar-refractivity contribution in [2.45, 2.75) is 26.3 Å². The maximum atomic E-state index is 12.3. The predicted octanol–water partition coefficient (Wildman–Crippen LogP) is 0.714. The van der Waals surface area contributed by atoms with Crippen LogP contribution in [0.25, 0.3) is 0 Å².